The summed E-state index contributed by atoms with van der Waals surface area (Å²) in [6.45, 7) is 4.06. The van der Waals surface area contributed by atoms with Gasteiger partial charge in [0.25, 0.3) is 0 Å². The maximum atomic E-state index is 11.9. The summed E-state index contributed by atoms with van der Waals surface area (Å²) in [7, 11) is 0. The first-order valence-corrected chi connectivity index (χ1v) is 7.02. The highest BCUT2D eigenvalue weighted by Crippen LogP contribution is 2.46. The molecule has 3 nitrogen and oxygen atoms in total. The Kier molecular flexibility index (Phi) is 3.77. The van der Waals surface area contributed by atoms with Crippen LogP contribution in [-0.2, 0) is 4.79 Å². The van der Waals surface area contributed by atoms with Gasteiger partial charge in [-0.2, -0.15) is 0 Å². The maximum absolute atomic E-state index is 11.9. The van der Waals surface area contributed by atoms with Gasteiger partial charge in [0.2, 0.25) is 0 Å². The van der Waals surface area contributed by atoms with Gasteiger partial charge in [-0.05, 0) is 42.5 Å². The fourth-order valence-corrected chi connectivity index (χ4v) is 3.10. The van der Waals surface area contributed by atoms with Gasteiger partial charge < -0.3 is 10.4 Å². The molecule has 104 valence electrons. The molecule has 2 N–H and O–H groups in total. The van der Waals surface area contributed by atoms with E-state index in [-0.39, 0.29) is 5.41 Å². The topological polar surface area (TPSA) is 49.3 Å². The Balaban J connectivity index is 2.34. The number of nitrogens with one attached hydrogen (secondary N) is 1. The average molecular weight is 282 g/mol. The Hall–Kier alpha value is -1.22. The summed E-state index contributed by atoms with van der Waals surface area (Å²) in [6.07, 6.45) is 3.60. The molecule has 4 heteroatoms. The van der Waals surface area contributed by atoms with Crippen LogP contribution in [0.25, 0.3) is 0 Å². The zero-order valence-electron chi connectivity index (χ0n) is 11.4. The highest BCUT2D eigenvalue weighted by atomic mass is 35.5. The standard InChI is InChI=1S/C15H20ClNO2/c1-14(2)9-3-4-10-15(14,13(18)19)17-12-7-5-11(16)6-8-12/h5-8,17H,3-4,9-10H2,1-2H3,(H,18,19). The van der Waals surface area contributed by atoms with Crippen molar-refractivity contribution in [3.63, 3.8) is 0 Å². The molecule has 1 aromatic carbocycles. The minimum absolute atomic E-state index is 0.281. The van der Waals surface area contributed by atoms with Gasteiger partial charge in [-0.3, -0.25) is 0 Å². The third-order valence-corrected chi connectivity index (χ3v) is 4.58. The van der Waals surface area contributed by atoms with Crippen LogP contribution >= 0.6 is 11.6 Å². The van der Waals surface area contributed by atoms with E-state index in [9.17, 15) is 9.90 Å². The van der Waals surface area contributed by atoms with Crippen LogP contribution in [0.3, 0.4) is 0 Å². The van der Waals surface area contributed by atoms with E-state index in [2.05, 4.69) is 5.32 Å². The first kappa shape index (κ1) is 14.2. The van der Waals surface area contributed by atoms with Crippen LogP contribution < -0.4 is 5.32 Å². The van der Waals surface area contributed by atoms with Crippen LogP contribution in [0.2, 0.25) is 5.02 Å². The highest BCUT2D eigenvalue weighted by molar-refractivity contribution is 6.30. The number of anilines is 1. The van der Waals surface area contributed by atoms with Gasteiger partial charge in [-0.25, -0.2) is 4.79 Å². The Morgan fingerprint density at radius 3 is 2.32 bits per heavy atom. The minimum atomic E-state index is -0.904. The van der Waals surface area contributed by atoms with E-state index in [0.717, 1.165) is 24.9 Å². The smallest absolute Gasteiger partial charge is 0.329 e. The van der Waals surface area contributed by atoms with Gasteiger partial charge in [-0.15, -0.1) is 0 Å². The lowest BCUT2D eigenvalue weighted by Gasteiger charge is -2.48. The Labute approximate surface area is 119 Å². The van der Waals surface area contributed by atoms with Crippen LogP contribution in [0.1, 0.15) is 39.5 Å². The van der Waals surface area contributed by atoms with E-state index in [1.807, 2.05) is 26.0 Å². The predicted octanol–water partition coefficient (Wildman–Crippen LogP) is 4.18. The van der Waals surface area contributed by atoms with E-state index in [0.29, 0.717) is 11.4 Å². The van der Waals surface area contributed by atoms with Gasteiger partial charge >= 0.3 is 5.97 Å². The van der Waals surface area contributed by atoms with Crippen LogP contribution in [0, 0.1) is 5.41 Å². The number of halogens is 1. The molecule has 1 saturated carbocycles. The third kappa shape index (κ3) is 2.57. The molecule has 1 atom stereocenters. The molecule has 0 saturated heterocycles. The second-order valence-electron chi connectivity index (χ2n) is 5.93. The molecule has 1 aromatic rings. The number of rotatable bonds is 3. The highest BCUT2D eigenvalue weighted by Gasteiger charge is 2.52. The summed E-state index contributed by atoms with van der Waals surface area (Å²) in [5.74, 6) is -0.771. The molecule has 1 aliphatic carbocycles. The summed E-state index contributed by atoms with van der Waals surface area (Å²) in [4.78, 5) is 11.9. The van der Waals surface area contributed by atoms with Crippen LogP contribution in [-0.4, -0.2) is 16.6 Å². The maximum Gasteiger partial charge on any atom is 0.329 e. The Morgan fingerprint density at radius 2 is 1.79 bits per heavy atom. The van der Waals surface area contributed by atoms with Crippen molar-refractivity contribution in [2.24, 2.45) is 5.41 Å². The second-order valence-corrected chi connectivity index (χ2v) is 6.37. The molecule has 0 aromatic heterocycles. The lowest BCUT2D eigenvalue weighted by Crippen LogP contribution is -2.58. The van der Waals surface area contributed by atoms with Crippen LogP contribution in [0.15, 0.2) is 24.3 Å². The number of hydrogen-bond donors (Lipinski definition) is 2. The molecule has 0 heterocycles. The molecule has 1 aliphatic rings. The Bertz CT molecular complexity index is 470. The van der Waals surface area contributed by atoms with Crippen molar-refractivity contribution in [1.29, 1.82) is 0 Å². The summed E-state index contributed by atoms with van der Waals surface area (Å²) in [5.41, 5.74) is -0.378. The third-order valence-electron chi connectivity index (χ3n) is 4.33. The number of aliphatic carboxylic acids is 1. The number of carbonyl (C=O) groups is 1. The van der Waals surface area contributed by atoms with Crippen LogP contribution in [0.4, 0.5) is 5.69 Å². The number of carboxylic acid groups (broad SMARTS) is 1. The quantitative estimate of drug-likeness (QED) is 0.874. The van der Waals surface area contributed by atoms with Crippen LogP contribution in [0.5, 0.6) is 0 Å². The zero-order chi connectivity index (χ0) is 14.1. The summed E-state index contributed by atoms with van der Waals surface area (Å²) < 4.78 is 0. The van der Waals surface area contributed by atoms with E-state index < -0.39 is 11.5 Å². The molecule has 1 fully saturated rings. The second kappa shape index (κ2) is 5.04. The van der Waals surface area contributed by atoms with E-state index >= 15 is 0 Å². The van der Waals surface area contributed by atoms with Gasteiger partial charge in [0.05, 0.1) is 0 Å². The molecular formula is C15H20ClNO2. The fourth-order valence-electron chi connectivity index (χ4n) is 2.97. The van der Waals surface area contributed by atoms with Crippen molar-refractivity contribution in [2.45, 2.75) is 45.1 Å². The van der Waals surface area contributed by atoms with Gasteiger partial charge in [-0.1, -0.05) is 38.3 Å². The van der Waals surface area contributed by atoms with Crippen molar-refractivity contribution < 1.29 is 9.90 Å². The summed E-state index contributed by atoms with van der Waals surface area (Å²) >= 11 is 5.86. The predicted molar refractivity (Wildman–Crippen MR) is 77.7 cm³/mol. The van der Waals surface area contributed by atoms with Crippen molar-refractivity contribution in [3.05, 3.63) is 29.3 Å². The normalized spacial score (nSPS) is 25.8. The van der Waals surface area contributed by atoms with E-state index in [4.69, 9.17) is 11.6 Å². The molecule has 1 unspecified atom stereocenters. The van der Waals surface area contributed by atoms with Crippen molar-refractivity contribution in [1.82, 2.24) is 0 Å². The molecule has 0 spiro atoms. The number of carboxylic acids is 1. The largest absolute Gasteiger partial charge is 0.479 e. The lowest BCUT2D eigenvalue weighted by molar-refractivity contribution is -0.148. The minimum Gasteiger partial charge on any atom is -0.479 e. The molecule has 2 rings (SSSR count). The molecule has 0 amide bonds. The first-order valence-electron chi connectivity index (χ1n) is 6.65. The zero-order valence-corrected chi connectivity index (χ0v) is 12.1. The number of benzene rings is 1. The molecule has 0 aliphatic heterocycles. The molecule has 0 radical (unpaired) electrons. The summed E-state index contributed by atoms with van der Waals surface area (Å²) in [5, 5.41) is 13.7. The van der Waals surface area contributed by atoms with E-state index in [1.54, 1.807) is 12.1 Å². The first-order chi connectivity index (χ1) is 8.87. The van der Waals surface area contributed by atoms with E-state index in [1.165, 1.54) is 0 Å². The number of hydrogen-bond acceptors (Lipinski definition) is 2. The Morgan fingerprint density at radius 1 is 1.21 bits per heavy atom. The molecule has 19 heavy (non-hydrogen) atoms. The van der Waals surface area contributed by atoms with Crippen molar-refractivity contribution in [3.8, 4) is 0 Å². The van der Waals surface area contributed by atoms with Gasteiger partial charge in [0, 0.05) is 10.7 Å². The lowest BCUT2D eigenvalue weighted by atomic mass is 9.63. The van der Waals surface area contributed by atoms with Crippen molar-refractivity contribution in [2.75, 3.05) is 5.32 Å². The molecule has 0 bridgehead atoms. The van der Waals surface area contributed by atoms with Crippen molar-refractivity contribution >= 4 is 23.3 Å². The SMILES string of the molecule is CC1(C)CCCCC1(Nc1ccc(Cl)cc1)C(=O)O. The average Bonchev–Trinajstić information content (AvgIpc) is 2.34. The fraction of sp³-hybridized carbons (Fsp3) is 0.533. The van der Waals surface area contributed by atoms with Gasteiger partial charge in [0.1, 0.15) is 5.54 Å². The van der Waals surface area contributed by atoms with Gasteiger partial charge in [0.15, 0.2) is 0 Å². The summed E-state index contributed by atoms with van der Waals surface area (Å²) in [6, 6.07) is 7.21. The monoisotopic (exact) mass is 281 g/mol. The molecular weight excluding hydrogens is 262 g/mol.